The summed E-state index contributed by atoms with van der Waals surface area (Å²) in [4.78, 5) is 14.4. The molecule has 0 aliphatic rings. The van der Waals surface area contributed by atoms with Crippen molar-refractivity contribution in [1.29, 1.82) is 0 Å². The fourth-order valence-corrected chi connectivity index (χ4v) is 2.60. The minimum absolute atomic E-state index is 0.227. The number of hydrogen-bond acceptors (Lipinski definition) is 3. The standard InChI is InChI=1S/C19H21Cl2NO2/c1-3-22(4-2)12-14-5-7-15(8-6-14)13-24-19(23)16-9-10-17(20)18(21)11-16/h5-11H,3-4,12-13H2,1-2H3. The van der Waals surface area contributed by atoms with Gasteiger partial charge < -0.3 is 4.74 Å². The van der Waals surface area contributed by atoms with E-state index in [1.165, 1.54) is 11.6 Å². The largest absolute Gasteiger partial charge is 0.457 e. The minimum atomic E-state index is -0.416. The Morgan fingerprint density at radius 2 is 1.58 bits per heavy atom. The van der Waals surface area contributed by atoms with E-state index in [9.17, 15) is 4.79 Å². The molecule has 0 heterocycles. The van der Waals surface area contributed by atoms with Gasteiger partial charge in [0.1, 0.15) is 6.61 Å². The highest BCUT2D eigenvalue weighted by atomic mass is 35.5. The summed E-state index contributed by atoms with van der Waals surface area (Å²) in [5.41, 5.74) is 2.59. The second-order valence-electron chi connectivity index (χ2n) is 5.48. The molecule has 2 aromatic carbocycles. The molecule has 24 heavy (non-hydrogen) atoms. The number of hydrogen-bond donors (Lipinski definition) is 0. The van der Waals surface area contributed by atoms with Crippen LogP contribution in [0, 0.1) is 0 Å². The molecular weight excluding hydrogens is 345 g/mol. The number of halogens is 2. The summed E-state index contributed by atoms with van der Waals surface area (Å²) < 4.78 is 5.32. The maximum atomic E-state index is 12.0. The molecule has 5 heteroatoms. The Hall–Kier alpha value is -1.55. The van der Waals surface area contributed by atoms with Gasteiger partial charge in [0.2, 0.25) is 0 Å². The molecule has 0 radical (unpaired) electrons. The number of benzene rings is 2. The van der Waals surface area contributed by atoms with Gasteiger partial charge in [0.05, 0.1) is 15.6 Å². The Morgan fingerprint density at radius 1 is 0.958 bits per heavy atom. The van der Waals surface area contributed by atoms with Gasteiger partial charge in [-0.05, 0) is 42.4 Å². The lowest BCUT2D eigenvalue weighted by molar-refractivity contribution is 0.0472. The molecule has 0 aliphatic carbocycles. The smallest absolute Gasteiger partial charge is 0.338 e. The van der Waals surface area contributed by atoms with Crippen LogP contribution in [0.25, 0.3) is 0 Å². The topological polar surface area (TPSA) is 29.5 Å². The Kier molecular flexibility index (Phi) is 7.10. The average Bonchev–Trinajstić information content (AvgIpc) is 2.61. The second kappa shape index (κ2) is 9.07. The van der Waals surface area contributed by atoms with Gasteiger partial charge in [0.25, 0.3) is 0 Å². The SMILES string of the molecule is CCN(CC)Cc1ccc(COC(=O)c2ccc(Cl)c(Cl)c2)cc1. The molecule has 0 spiro atoms. The first-order valence-electron chi connectivity index (χ1n) is 7.95. The van der Waals surface area contributed by atoms with Crippen molar-refractivity contribution in [3.05, 3.63) is 69.2 Å². The first-order chi connectivity index (χ1) is 11.5. The molecule has 2 aromatic rings. The van der Waals surface area contributed by atoms with Gasteiger partial charge in [-0.1, -0.05) is 61.3 Å². The zero-order valence-corrected chi connectivity index (χ0v) is 15.4. The maximum absolute atomic E-state index is 12.0. The lowest BCUT2D eigenvalue weighted by atomic mass is 10.1. The summed E-state index contributed by atoms with van der Waals surface area (Å²) in [7, 11) is 0. The number of carbonyl (C=O) groups excluding carboxylic acids is 1. The van der Waals surface area contributed by atoms with E-state index in [2.05, 4.69) is 30.9 Å². The number of esters is 1. The summed E-state index contributed by atoms with van der Waals surface area (Å²) in [6, 6.07) is 12.8. The average molecular weight is 366 g/mol. The van der Waals surface area contributed by atoms with Gasteiger partial charge in [-0.25, -0.2) is 4.79 Å². The van der Waals surface area contributed by atoms with Gasteiger partial charge in [-0.3, -0.25) is 4.90 Å². The van der Waals surface area contributed by atoms with E-state index in [0.717, 1.165) is 25.2 Å². The molecule has 0 atom stereocenters. The quantitative estimate of drug-likeness (QED) is 0.632. The molecule has 2 rings (SSSR count). The van der Waals surface area contributed by atoms with E-state index in [1.54, 1.807) is 12.1 Å². The molecule has 3 nitrogen and oxygen atoms in total. The van der Waals surface area contributed by atoms with Crippen LogP contribution >= 0.6 is 23.2 Å². The van der Waals surface area contributed by atoms with Crippen molar-refractivity contribution < 1.29 is 9.53 Å². The highest BCUT2D eigenvalue weighted by Gasteiger charge is 2.10. The third kappa shape index (κ3) is 5.23. The van der Waals surface area contributed by atoms with Crippen LogP contribution in [0.4, 0.5) is 0 Å². The van der Waals surface area contributed by atoms with Crippen molar-refractivity contribution in [2.75, 3.05) is 13.1 Å². The van der Waals surface area contributed by atoms with E-state index in [4.69, 9.17) is 27.9 Å². The molecule has 0 fully saturated rings. The van der Waals surface area contributed by atoms with Gasteiger partial charge >= 0.3 is 5.97 Å². The predicted molar refractivity (Wildman–Crippen MR) is 98.6 cm³/mol. The lowest BCUT2D eigenvalue weighted by Gasteiger charge is -2.18. The van der Waals surface area contributed by atoms with Crippen LogP contribution in [-0.4, -0.2) is 24.0 Å². The third-order valence-corrected chi connectivity index (χ3v) is 4.59. The number of ether oxygens (including phenoxy) is 1. The summed E-state index contributed by atoms with van der Waals surface area (Å²) in [5, 5.41) is 0.754. The highest BCUT2D eigenvalue weighted by Crippen LogP contribution is 2.23. The summed E-state index contributed by atoms with van der Waals surface area (Å²) in [6.07, 6.45) is 0. The Morgan fingerprint density at radius 3 is 2.17 bits per heavy atom. The second-order valence-corrected chi connectivity index (χ2v) is 6.30. The maximum Gasteiger partial charge on any atom is 0.338 e. The molecule has 0 unspecified atom stereocenters. The number of nitrogens with zero attached hydrogens (tertiary/aromatic N) is 1. The molecule has 0 bridgehead atoms. The Labute approximate surface area is 153 Å². The van der Waals surface area contributed by atoms with Crippen molar-refractivity contribution in [2.45, 2.75) is 27.0 Å². The van der Waals surface area contributed by atoms with Crippen molar-refractivity contribution in [3.63, 3.8) is 0 Å². The van der Waals surface area contributed by atoms with Crippen LogP contribution in [0.2, 0.25) is 10.0 Å². The fraction of sp³-hybridized carbons (Fsp3) is 0.316. The van der Waals surface area contributed by atoms with Crippen molar-refractivity contribution in [1.82, 2.24) is 4.90 Å². The van der Waals surface area contributed by atoms with E-state index in [-0.39, 0.29) is 6.61 Å². The zero-order valence-electron chi connectivity index (χ0n) is 13.9. The molecule has 0 saturated carbocycles. The van der Waals surface area contributed by atoms with E-state index < -0.39 is 5.97 Å². The third-order valence-electron chi connectivity index (χ3n) is 3.85. The summed E-state index contributed by atoms with van der Waals surface area (Å²) in [6.45, 7) is 7.51. The lowest BCUT2D eigenvalue weighted by Crippen LogP contribution is -2.22. The van der Waals surface area contributed by atoms with E-state index in [0.29, 0.717) is 15.6 Å². The normalized spacial score (nSPS) is 10.9. The molecule has 0 amide bonds. The molecule has 128 valence electrons. The summed E-state index contributed by atoms with van der Waals surface area (Å²) in [5.74, 6) is -0.416. The van der Waals surface area contributed by atoms with Gasteiger partial charge in [0, 0.05) is 6.54 Å². The number of rotatable bonds is 7. The van der Waals surface area contributed by atoms with Crippen molar-refractivity contribution in [2.24, 2.45) is 0 Å². The van der Waals surface area contributed by atoms with Crippen LogP contribution in [0.3, 0.4) is 0 Å². The van der Waals surface area contributed by atoms with Crippen LogP contribution < -0.4 is 0 Å². The Bertz CT molecular complexity index is 682. The van der Waals surface area contributed by atoms with Crippen LogP contribution in [-0.2, 0) is 17.9 Å². The van der Waals surface area contributed by atoms with Crippen LogP contribution in [0.1, 0.15) is 35.3 Å². The van der Waals surface area contributed by atoms with Crippen LogP contribution in [0.15, 0.2) is 42.5 Å². The van der Waals surface area contributed by atoms with Gasteiger partial charge in [-0.2, -0.15) is 0 Å². The zero-order chi connectivity index (χ0) is 17.5. The number of carbonyl (C=O) groups is 1. The summed E-state index contributed by atoms with van der Waals surface area (Å²) >= 11 is 11.8. The van der Waals surface area contributed by atoms with Gasteiger partial charge in [-0.15, -0.1) is 0 Å². The predicted octanol–water partition coefficient (Wildman–Crippen LogP) is 5.19. The molecule has 0 N–H and O–H groups in total. The van der Waals surface area contributed by atoms with E-state index in [1.807, 2.05) is 12.1 Å². The fourth-order valence-electron chi connectivity index (χ4n) is 2.30. The molecule has 0 aliphatic heterocycles. The molecule has 0 saturated heterocycles. The Balaban J connectivity index is 1.91. The monoisotopic (exact) mass is 365 g/mol. The first-order valence-corrected chi connectivity index (χ1v) is 8.71. The highest BCUT2D eigenvalue weighted by molar-refractivity contribution is 6.42. The van der Waals surface area contributed by atoms with Crippen LogP contribution in [0.5, 0.6) is 0 Å². The van der Waals surface area contributed by atoms with Gasteiger partial charge in [0.15, 0.2) is 0 Å². The molecular formula is C19H21Cl2NO2. The van der Waals surface area contributed by atoms with Crippen molar-refractivity contribution >= 4 is 29.2 Å². The van der Waals surface area contributed by atoms with E-state index >= 15 is 0 Å². The minimum Gasteiger partial charge on any atom is -0.457 e. The first kappa shape index (κ1) is 18.8. The molecule has 0 aromatic heterocycles. The van der Waals surface area contributed by atoms with Crippen molar-refractivity contribution in [3.8, 4) is 0 Å².